The van der Waals surface area contributed by atoms with E-state index in [4.69, 9.17) is 4.74 Å². The molecule has 1 aromatic heterocycles. The van der Waals surface area contributed by atoms with E-state index in [2.05, 4.69) is 5.10 Å². The molecule has 3 rings (SSSR count). The van der Waals surface area contributed by atoms with Crippen molar-refractivity contribution in [1.82, 2.24) is 14.7 Å². The number of fused-ring (bicyclic) bond motifs is 1. The Hall–Kier alpha value is -2.25. The predicted octanol–water partition coefficient (Wildman–Crippen LogP) is 0.313. The Morgan fingerprint density at radius 2 is 2.08 bits per heavy atom. The molecule has 1 saturated heterocycles. The second-order valence-corrected chi connectivity index (χ2v) is 5.95. The zero-order valence-electron chi connectivity index (χ0n) is 13.8. The number of likely N-dealkylation sites (N-methyl/N-ethyl adjacent to an activating group) is 1. The number of amides is 1. The number of hydrogen-bond donors (Lipinski definition) is 1. The molecule has 1 aromatic carbocycles. The molecule has 0 saturated carbocycles. The number of benzene rings is 1. The second kappa shape index (κ2) is 6.70. The normalized spacial score (nSPS) is 20.5. The van der Waals surface area contributed by atoms with Crippen LogP contribution in [0.5, 0.6) is 0 Å². The molecular formula is C17H21N3O4. The summed E-state index contributed by atoms with van der Waals surface area (Å²) in [4.78, 5) is 26.8. The third-order valence-electron chi connectivity index (χ3n) is 4.42. The van der Waals surface area contributed by atoms with Crippen molar-refractivity contribution in [2.24, 2.45) is 0 Å². The molecule has 2 aromatic rings. The van der Waals surface area contributed by atoms with Crippen molar-refractivity contribution in [3.05, 3.63) is 40.3 Å². The van der Waals surface area contributed by atoms with Crippen LogP contribution in [0.4, 0.5) is 0 Å². The minimum Gasteiger partial charge on any atom is -0.388 e. The molecule has 1 aliphatic heterocycles. The van der Waals surface area contributed by atoms with Crippen LogP contribution in [0, 0.1) is 6.92 Å². The molecule has 0 unspecified atom stereocenters. The maximum Gasteiger partial charge on any atom is 0.275 e. The average molecular weight is 331 g/mol. The molecule has 24 heavy (non-hydrogen) atoms. The highest BCUT2D eigenvalue weighted by molar-refractivity contribution is 5.83. The molecule has 7 nitrogen and oxygen atoms in total. The topological polar surface area (TPSA) is 84.7 Å². The van der Waals surface area contributed by atoms with Crippen molar-refractivity contribution in [2.45, 2.75) is 32.5 Å². The fourth-order valence-corrected chi connectivity index (χ4v) is 3.16. The van der Waals surface area contributed by atoms with E-state index in [9.17, 15) is 14.7 Å². The molecule has 0 bridgehead atoms. The number of nitrogens with zero attached hydrogens (tertiary/aromatic N) is 3. The third kappa shape index (κ3) is 2.92. The summed E-state index contributed by atoms with van der Waals surface area (Å²) in [6.07, 6.45) is -0.697. The van der Waals surface area contributed by atoms with E-state index in [1.807, 2.05) is 26.0 Å². The van der Waals surface area contributed by atoms with Gasteiger partial charge >= 0.3 is 0 Å². The number of carbonyl (C=O) groups excluding carboxylic acids is 1. The molecule has 0 radical (unpaired) electrons. The molecule has 2 heterocycles. The summed E-state index contributed by atoms with van der Waals surface area (Å²) in [5.74, 6) is -0.253. The number of rotatable bonds is 4. The van der Waals surface area contributed by atoms with Crippen LogP contribution in [-0.2, 0) is 16.1 Å². The molecule has 0 aliphatic carbocycles. The Balaban J connectivity index is 1.90. The summed E-state index contributed by atoms with van der Waals surface area (Å²) in [7, 11) is 0. The van der Waals surface area contributed by atoms with Gasteiger partial charge in [0, 0.05) is 11.9 Å². The maximum atomic E-state index is 12.6. The fraction of sp³-hybridized carbons (Fsp3) is 0.471. The summed E-state index contributed by atoms with van der Waals surface area (Å²) in [6.45, 7) is 4.47. The lowest BCUT2D eigenvalue weighted by Gasteiger charge is -2.28. The van der Waals surface area contributed by atoms with Crippen LogP contribution < -0.4 is 5.56 Å². The highest BCUT2D eigenvalue weighted by Gasteiger charge is 2.33. The molecule has 1 N–H and O–H groups in total. The van der Waals surface area contributed by atoms with Gasteiger partial charge in [-0.25, -0.2) is 4.68 Å². The molecular weight excluding hydrogens is 310 g/mol. The standard InChI is InChI=1S/C17H21N3O4/c1-3-19(14-9-24-10-15(14)21)16(22)8-20-17(23)13-7-5-4-6-12(13)11(2)18-20/h4-7,14-15,21H,3,8-10H2,1-2H3/t14-,15-/m1/s1. The van der Waals surface area contributed by atoms with Gasteiger partial charge in [0.2, 0.25) is 5.91 Å². The molecule has 1 amide bonds. The Morgan fingerprint density at radius 3 is 2.71 bits per heavy atom. The van der Waals surface area contributed by atoms with E-state index in [1.54, 1.807) is 17.0 Å². The zero-order valence-corrected chi connectivity index (χ0v) is 13.8. The number of hydrogen-bond acceptors (Lipinski definition) is 5. The van der Waals surface area contributed by atoms with E-state index in [0.29, 0.717) is 24.2 Å². The Kier molecular flexibility index (Phi) is 4.64. The Bertz CT molecular complexity index is 817. The Labute approximate surface area is 139 Å². The van der Waals surface area contributed by atoms with Crippen LogP contribution in [-0.4, -0.2) is 57.6 Å². The quantitative estimate of drug-likeness (QED) is 0.872. The van der Waals surface area contributed by atoms with Gasteiger partial charge in [0.05, 0.1) is 36.4 Å². The number of ether oxygens (including phenoxy) is 1. The third-order valence-corrected chi connectivity index (χ3v) is 4.42. The summed E-state index contributed by atoms with van der Waals surface area (Å²) in [6, 6.07) is 6.85. The van der Waals surface area contributed by atoms with Crippen LogP contribution in [0.1, 0.15) is 12.6 Å². The van der Waals surface area contributed by atoms with E-state index >= 15 is 0 Å². The van der Waals surface area contributed by atoms with E-state index < -0.39 is 6.10 Å². The first-order valence-electron chi connectivity index (χ1n) is 8.04. The zero-order chi connectivity index (χ0) is 17.3. The number of aryl methyl sites for hydroxylation is 1. The SMILES string of the molecule is CCN(C(=O)Cn1nc(C)c2ccccc2c1=O)[C@@H]1COC[C@H]1O. The highest BCUT2D eigenvalue weighted by atomic mass is 16.5. The summed E-state index contributed by atoms with van der Waals surface area (Å²) < 4.78 is 6.42. The lowest BCUT2D eigenvalue weighted by molar-refractivity contribution is -0.135. The minimum atomic E-state index is -0.697. The first-order chi connectivity index (χ1) is 11.5. The number of aromatic nitrogens is 2. The number of aliphatic hydroxyl groups is 1. The van der Waals surface area contributed by atoms with Gasteiger partial charge in [-0.15, -0.1) is 0 Å². The molecule has 1 fully saturated rings. The van der Waals surface area contributed by atoms with Gasteiger partial charge in [-0.1, -0.05) is 18.2 Å². The van der Waals surface area contributed by atoms with Gasteiger partial charge in [0.1, 0.15) is 6.54 Å². The number of aliphatic hydroxyl groups excluding tert-OH is 1. The lowest BCUT2D eigenvalue weighted by Crippen LogP contribution is -2.48. The van der Waals surface area contributed by atoms with Crippen molar-refractivity contribution < 1.29 is 14.6 Å². The van der Waals surface area contributed by atoms with Crippen LogP contribution in [0.15, 0.2) is 29.1 Å². The molecule has 1 aliphatic rings. The van der Waals surface area contributed by atoms with E-state index in [-0.39, 0.29) is 30.7 Å². The maximum absolute atomic E-state index is 12.6. The van der Waals surface area contributed by atoms with Crippen LogP contribution >= 0.6 is 0 Å². The van der Waals surface area contributed by atoms with Crippen molar-refractivity contribution in [1.29, 1.82) is 0 Å². The van der Waals surface area contributed by atoms with Gasteiger partial charge in [-0.2, -0.15) is 5.10 Å². The lowest BCUT2D eigenvalue weighted by atomic mass is 10.1. The molecule has 128 valence electrons. The summed E-state index contributed by atoms with van der Waals surface area (Å²) >= 11 is 0. The number of carbonyl (C=O) groups is 1. The van der Waals surface area contributed by atoms with Gasteiger partial charge in [0.25, 0.3) is 5.56 Å². The second-order valence-electron chi connectivity index (χ2n) is 5.95. The van der Waals surface area contributed by atoms with Crippen LogP contribution in [0.25, 0.3) is 10.8 Å². The summed E-state index contributed by atoms with van der Waals surface area (Å²) in [5, 5.41) is 15.5. The van der Waals surface area contributed by atoms with Gasteiger partial charge in [0.15, 0.2) is 0 Å². The van der Waals surface area contributed by atoms with E-state index in [0.717, 1.165) is 5.39 Å². The highest BCUT2D eigenvalue weighted by Crippen LogP contribution is 2.15. The molecule has 7 heteroatoms. The predicted molar refractivity (Wildman–Crippen MR) is 88.7 cm³/mol. The average Bonchev–Trinajstić information content (AvgIpc) is 2.99. The summed E-state index contributed by atoms with van der Waals surface area (Å²) in [5.41, 5.74) is 0.411. The van der Waals surface area contributed by atoms with Crippen LogP contribution in [0.3, 0.4) is 0 Å². The minimum absolute atomic E-state index is 0.151. The Morgan fingerprint density at radius 1 is 1.38 bits per heavy atom. The van der Waals surface area contributed by atoms with Crippen molar-refractivity contribution in [2.75, 3.05) is 19.8 Å². The van der Waals surface area contributed by atoms with Crippen molar-refractivity contribution >= 4 is 16.7 Å². The smallest absolute Gasteiger partial charge is 0.275 e. The van der Waals surface area contributed by atoms with Crippen LogP contribution in [0.2, 0.25) is 0 Å². The van der Waals surface area contributed by atoms with Gasteiger partial charge < -0.3 is 14.7 Å². The fourth-order valence-electron chi connectivity index (χ4n) is 3.16. The monoisotopic (exact) mass is 331 g/mol. The van der Waals surface area contributed by atoms with E-state index in [1.165, 1.54) is 4.68 Å². The van der Waals surface area contributed by atoms with Gasteiger partial charge in [-0.05, 0) is 19.9 Å². The first-order valence-corrected chi connectivity index (χ1v) is 8.04. The van der Waals surface area contributed by atoms with Gasteiger partial charge in [-0.3, -0.25) is 9.59 Å². The largest absolute Gasteiger partial charge is 0.388 e. The molecule has 2 atom stereocenters. The first kappa shape index (κ1) is 16.6. The van der Waals surface area contributed by atoms with Crippen molar-refractivity contribution in [3.63, 3.8) is 0 Å². The molecule has 0 spiro atoms. The van der Waals surface area contributed by atoms with Crippen molar-refractivity contribution in [3.8, 4) is 0 Å².